The maximum Gasteiger partial charge on any atom is 0.269 e. The Hall–Kier alpha value is -2.56. The van der Waals surface area contributed by atoms with E-state index in [1.807, 2.05) is 37.3 Å². The summed E-state index contributed by atoms with van der Waals surface area (Å²) in [5, 5.41) is 7.18. The third-order valence-corrected chi connectivity index (χ3v) is 3.24. The van der Waals surface area contributed by atoms with Gasteiger partial charge in [-0.3, -0.25) is 9.48 Å². The van der Waals surface area contributed by atoms with Gasteiger partial charge in [-0.25, -0.2) is 0 Å². The molecule has 116 valence electrons. The van der Waals surface area contributed by atoms with Crippen LogP contribution in [0, 0.1) is 0 Å². The van der Waals surface area contributed by atoms with E-state index < -0.39 is 0 Å². The summed E-state index contributed by atoms with van der Waals surface area (Å²) in [6.45, 7) is 6.54. The Kier molecular flexibility index (Phi) is 5.36. The summed E-state index contributed by atoms with van der Waals surface area (Å²) < 4.78 is 7.09. The van der Waals surface area contributed by atoms with Gasteiger partial charge in [0.2, 0.25) is 0 Å². The van der Waals surface area contributed by atoms with Crippen molar-refractivity contribution in [3.05, 3.63) is 59.9 Å². The van der Waals surface area contributed by atoms with Crippen LogP contribution in [-0.2, 0) is 20.0 Å². The second-order valence-electron chi connectivity index (χ2n) is 4.93. The average molecular weight is 299 g/mol. The minimum Gasteiger partial charge on any atom is -0.490 e. The molecule has 1 amide bonds. The molecule has 22 heavy (non-hydrogen) atoms. The lowest BCUT2D eigenvalue weighted by atomic mass is 10.2. The van der Waals surface area contributed by atoms with Gasteiger partial charge in [0.05, 0.1) is 5.69 Å². The van der Waals surface area contributed by atoms with E-state index in [0.29, 0.717) is 18.8 Å². The molecule has 0 aliphatic heterocycles. The highest BCUT2D eigenvalue weighted by Gasteiger charge is 2.12. The van der Waals surface area contributed by atoms with Crippen LogP contribution in [0.1, 0.15) is 28.7 Å². The van der Waals surface area contributed by atoms with Crippen molar-refractivity contribution in [3.8, 4) is 5.75 Å². The molecular formula is C17H21N3O2. The van der Waals surface area contributed by atoms with Gasteiger partial charge in [0, 0.05) is 13.6 Å². The Morgan fingerprint density at radius 3 is 2.95 bits per heavy atom. The Morgan fingerprint density at radius 2 is 2.27 bits per heavy atom. The monoisotopic (exact) mass is 299 g/mol. The molecule has 2 rings (SSSR count). The number of carbonyl (C=O) groups is 1. The zero-order chi connectivity index (χ0) is 15.9. The van der Waals surface area contributed by atoms with Gasteiger partial charge in [0.15, 0.2) is 0 Å². The number of carbonyl (C=O) groups excluding carboxylic acids is 1. The zero-order valence-corrected chi connectivity index (χ0v) is 13.0. The van der Waals surface area contributed by atoms with Gasteiger partial charge in [-0.1, -0.05) is 31.7 Å². The molecule has 1 heterocycles. The average Bonchev–Trinajstić information content (AvgIpc) is 2.92. The smallest absolute Gasteiger partial charge is 0.269 e. The van der Waals surface area contributed by atoms with Gasteiger partial charge in [-0.15, -0.1) is 0 Å². The number of aromatic nitrogens is 2. The molecule has 0 aliphatic carbocycles. The number of hydrogen-bond donors (Lipinski definition) is 1. The van der Waals surface area contributed by atoms with E-state index >= 15 is 0 Å². The van der Waals surface area contributed by atoms with Crippen molar-refractivity contribution < 1.29 is 9.53 Å². The normalized spacial score (nSPS) is 10.3. The number of amides is 1. The highest BCUT2D eigenvalue weighted by molar-refractivity contribution is 5.92. The minimum atomic E-state index is -0.132. The van der Waals surface area contributed by atoms with E-state index in [1.165, 1.54) is 0 Å². The lowest BCUT2D eigenvalue weighted by Crippen LogP contribution is -2.25. The van der Waals surface area contributed by atoms with Crippen LogP contribution in [0.2, 0.25) is 0 Å². The number of nitrogens with zero attached hydrogens (tertiary/aromatic N) is 2. The number of nitrogens with one attached hydrogen (secondary N) is 1. The fourth-order valence-electron chi connectivity index (χ4n) is 2.09. The zero-order valence-electron chi connectivity index (χ0n) is 13.0. The van der Waals surface area contributed by atoms with E-state index in [0.717, 1.165) is 23.4 Å². The lowest BCUT2D eigenvalue weighted by molar-refractivity contribution is 0.0941. The number of rotatable bonds is 7. The molecule has 0 bridgehead atoms. The molecule has 5 heteroatoms. The van der Waals surface area contributed by atoms with Crippen LogP contribution < -0.4 is 10.1 Å². The number of benzene rings is 1. The van der Waals surface area contributed by atoms with Crippen LogP contribution in [0.4, 0.5) is 0 Å². The van der Waals surface area contributed by atoms with Gasteiger partial charge >= 0.3 is 0 Å². The van der Waals surface area contributed by atoms with Gasteiger partial charge in [-0.2, -0.15) is 5.10 Å². The Balaban J connectivity index is 1.98. The summed E-state index contributed by atoms with van der Waals surface area (Å²) in [5.41, 5.74) is 2.45. The van der Waals surface area contributed by atoms with Gasteiger partial charge in [-0.05, 0) is 30.2 Å². The molecule has 0 spiro atoms. The molecule has 5 nitrogen and oxygen atoms in total. The van der Waals surface area contributed by atoms with Crippen molar-refractivity contribution >= 4 is 5.91 Å². The maximum absolute atomic E-state index is 12.2. The predicted octanol–water partition coefficient (Wildman–Crippen LogP) is 2.48. The molecule has 1 aromatic carbocycles. The molecule has 1 aromatic heterocycles. The van der Waals surface area contributed by atoms with Crippen molar-refractivity contribution in [2.24, 2.45) is 7.05 Å². The summed E-state index contributed by atoms with van der Waals surface area (Å²) >= 11 is 0. The second-order valence-corrected chi connectivity index (χ2v) is 4.93. The Morgan fingerprint density at radius 1 is 1.45 bits per heavy atom. The Labute approximate surface area is 130 Å². The molecule has 0 atom stereocenters. The number of hydrogen-bond acceptors (Lipinski definition) is 3. The van der Waals surface area contributed by atoms with Gasteiger partial charge in [0.1, 0.15) is 18.1 Å². The summed E-state index contributed by atoms with van der Waals surface area (Å²) in [6, 6.07) is 9.45. The highest BCUT2D eigenvalue weighted by atomic mass is 16.5. The molecular weight excluding hydrogens is 278 g/mol. The third kappa shape index (κ3) is 3.97. The Bertz CT molecular complexity index is 662. The summed E-state index contributed by atoms with van der Waals surface area (Å²) in [7, 11) is 1.78. The van der Waals surface area contributed by atoms with Gasteiger partial charge < -0.3 is 10.1 Å². The SMILES string of the molecule is C=CCOc1cccc(CNC(=O)c2cc(CC)nn2C)c1. The summed E-state index contributed by atoms with van der Waals surface area (Å²) in [4.78, 5) is 12.2. The predicted molar refractivity (Wildman–Crippen MR) is 85.9 cm³/mol. The largest absolute Gasteiger partial charge is 0.490 e. The summed E-state index contributed by atoms with van der Waals surface area (Å²) in [6.07, 6.45) is 2.51. The van der Waals surface area contributed by atoms with Crippen LogP contribution in [0.5, 0.6) is 5.75 Å². The van der Waals surface area contributed by atoms with Crippen molar-refractivity contribution in [1.29, 1.82) is 0 Å². The molecule has 0 aliphatic rings. The molecule has 0 radical (unpaired) electrons. The molecule has 1 N–H and O–H groups in total. The van der Waals surface area contributed by atoms with E-state index in [-0.39, 0.29) is 5.91 Å². The van der Waals surface area contributed by atoms with Crippen molar-refractivity contribution in [2.75, 3.05) is 6.61 Å². The standard InChI is InChI=1S/C17H21N3O2/c1-4-9-22-15-8-6-7-13(10-15)12-18-17(21)16-11-14(5-2)19-20(16)3/h4,6-8,10-11H,1,5,9,12H2,2-3H3,(H,18,21). The fraction of sp³-hybridized carbons (Fsp3) is 0.294. The van der Waals surface area contributed by atoms with Crippen LogP contribution in [-0.4, -0.2) is 22.3 Å². The van der Waals surface area contributed by atoms with Crippen LogP contribution in [0.25, 0.3) is 0 Å². The number of aryl methyl sites for hydroxylation is 2. The van der Waals surface area contributed by atoms with Crippen LogP contribution in [0.15, 0.2) is 43.0 Å². The van der Waals surface area contributed by atoms with E-state index in [1.54, 1.807) is 17.8 Å². The highest BCUT2D eigenvalue weighted by Crippen LogP contribution is 2.13. The number of ether oxygens (including phenoxy) is 1. The van der Waals surface area contributed by atoms with E-state index in [9.17, 15) is 4.79 Å². The fourth-order valence-corrected chi connectivity index (χ4v) is 2.09. The van der Waals surface area contributed by atoms with E-state index in [4.69, 9.17) is 4.74 Å². The van der Waals surface area contributed by atoms with Crippen molar-refractivity contribution in [2.45, 2.75) is 19.9 Å². The molecule has 0 fully saturated rings. The quantitative estimate of drug-likeness (QED) is 0.799. The summed E-state index contributed by atoms with van der Waals surface area (Å²) in [5.74, 6) is 0.632. The van der Waals surface area contributed by atoms with Crippen molar-refractivity contribution in [1.82, 2.24) is 15.1 Å². The van der Waals surface area contributed by atoms with Gasteiger partial charge in [0.25, 0.3) is 5.91 Å². The molecule has 2 aromatic rings. The van der Waals surface area contributed by atoms with Crippen LogP contribution in [0.3, 0.4) is 0 Å². The van der Waals surface area contributed by atoms with E-state index in [2.05, 4.69) is 17.0 Å². The lowest BCUT2D eigenvalue weighted by Gasteiger charge is -2.08. The minimum absolute atomic E-state index is 0.132. The first-order chi connectivity index (χ1) is 10.6. The third-order valence-electron chi connectivity index (χ3n) is 3.24. The second kappa shape index (κ2) is 7.45. The molecule has 0 unspecified atom stereocenters. The first kappa shape index (κ1) is 15.8. The first-order valence-electron chi connectivity index (χ1n) is 7.27. The first-order valence-corrected chi connectivity index (χ1v) is 7.27. The molecule has 0 saturated carbocycles. The van der Waals surface area contributed by atoms with Crippen molar-refractivity contribution in [3.63, 3.8) is 0 Å². The topological polar surface area (TPSA) is 56.1 Å². The van der Waals surface area contributed by atoms with Crippen LogP contribution >= 0.6 is 0 Å². The molecule has 0 saturated heterocycles. The maximum atomic E-state index is 12.2.